The van der Waals surface area contributed by atoms with Crippen molar-refractivity contribution in [1.29, 1.82) is 0 Å². The molecular weight excluding hydrogens is 310 g/mol. The molecule has 1 aliphatic rings. The van der Waals surface area contributed by atoms with E-state index in [0.29, 0.717) is 12.2 Å². The summed E-state index contributed by atoms with van der Waals surface area (Å²) in [6.07, 6.45) is 11.8. The number of benzene rings is 1. The topological polar surface area (TPSA) is 40.5 Å². The van der Waals surface area contributed by atoms with E-state index in [-0.39, 0.29) is 12.1 Å². The zero-order chi connectivity index (χ0) is 18.1. The van der Waals surface area contributed by atoms with Crippen molar-refractivity contribution < 1.29 is 9.90 Å². The first-order valence-electron chi connectivity index (χ1n) is 9.89. The van der Waals surface area contributed by atoms with Crippen LogP contribution in [0.15, 0.2) is 36.4 Å². The zero-order valence-corrected chi connectivity index (χ0v) is 15.8. The molecular formula is C22H33NO2. The Morgan fingerprint density at radius 2 is 1.92 bits per heavy atom. The third-order valence-corrected chi connectivity index (χ3v) is 5.02. The van der Waals surface area contributed by atoms with Gasteiger partial charge in [0, 0.05) is 18.7 Å². The van der Waals surface area contributed by atoms with Crippen molar-refractivity contribution in [3.05, 3.63) is 42.0 Å². The maximum Gasteiger partial charge on any atom is 0.157 e. The van der Waals surface area contributed by atoms with E-state index in [1.165, 1.54) is 6.42 Å². The van der Waals surface area contributed by atoms with Crippen LogP contribution in [0.1, 0.15) is 76.9 Å². The highest BCUT2D eigenvalue weighted by atomic mass is 16.3. The highest BCUT2D eigenvalue weighted by molar-refractivity contribution is 5.91. The Balaban J connectivity index is 1.98. The van der Waals surface area contributed by atoms with Gasteiger partial charge in [0.15, 0.2) is 5.78 Å². The van der Waals surface area contributed by atoms with Crippen molar-refractivity contribution in [3.63, 3.8) is 0 Å². The van der Waals surface area contributed by atoms with Gasteiger partial charge in [0.1, 0.15) is 0 Å². The number of hydrogen-bond acceptors (Lipinski definition) is 3. The van der Waals surface area contributed by atoms with Crippen LogP contribution in [0.5, 0.6) is 0 Å². The van der Waals surface area contributed by atoms with E-state index in [9.17, 15) is 9.90 Å². The van der Waals surface area contributed by atoms with E-state index in [0.717, 1.165) is 56.3 Å². The number of aliphatic hydroxyl groups excluding tert-OH is 1. The molecule has 1 saturated heterocycles. The molecule has 2 atom stereocenters. The summed E-state index contributed by atoms with van der Waals surface area (Å²) in [4.78, 5) is 14.4. The smallest absolute Gasteiger partial charge is 0.157 e. The summed E-state index contributed by atoms with van der Waals surface area (Å²) < 4.78 is 0. The van der Waals surface area contributed by atoms with E-state index in [4.69, 9.17) is 0 Å². The summed E-state index contributed by atoms with van der Waals surface area (Å²) in [7, 11) is 0. The van der Waals surface area contributed by atoms with Crippen molar-refractivity contribution in [1.82, 2.24) is 0 Å². The van der Waals surface area contributed by atoms with Crippen LogP contribution in [0.2, 0.25) is 0 Å². The molecule has 0 aromatic heterocycles. The van der Waals surface area contributed by atoms with Crippen molar-refractivity contribution in [2.24, 2.45) is 0 Å². The van der Waals surface area contributed by atoms with Gasteiger partial charge in [-0.2, -0.15) is 0 Å². The highest BCUT2D eigenvalue weighted by Gasteiger charge is 2.31. The second-order valence-electron chi connectivity index (χ2n) is 7.02. The number of unbranched alkanes of at least 4 members (excludes halogenated alkanes) is 3. The summed E-state index contributed by atoms with van der Waals surface area (Å²) in [5, 5.41) is 10.3. The predicted octanol–water partition coefficient (Wildman–Crippen LogP) is 5.19. The van der Waals surface area contributed by atoms with Gasteiger partial charge in [-0.15, -0.1) is 0 Å². The van der Waals surface area contributed by atoms with E-state index in [1.807, 2.05) is 12.1 Å². The molecule has 0 amide bonds. The zero-order valence-electron chi connectivity index (χ0n) is 15.8. The Kier molecular flexibility index (Phi) is 8.20. The summed E-state index contributed by atoms with van der Waals surface area (Å²) >= 11 is 0. The first kappa shape index (κ1) is 19.7. The molecule has 1 aromatic rings. The van der Waals surface area contributed by atoms with Crippen LogP contribution >= 0.6 is 0 Å². The van der Waals surface area contributed by atoms with E-state index in [2.05, 4.69) is 43.0 Å². The highest BCUT2D eigenvalue weighted by Crippen LogP contribution is 2.28. The molecule has 3 nitrogen and oxygen atoms in total. The number of carbonyl (C=O) groups is 1. The van der Waals surface area contributed by atoms with Crippen molar-refractivity contribution in [2.75, 3.05) is 11.4 Å². The number of rotatable bonds is 10. The number of nitrogens with zero attached hydrogens (tertiary/aromatic N) is 1. The first-order chi connectivity index (χ1) is 12.2. The quantitative estimate of drug-likeness (QED) is 0.469. The molecule has 25 heavy (non-hydrogen) atoms. The maximum absolute atomic E-state index is 12.2. The van der Waals surface area contributed by atoms with Crippen LogP contribution in [-0.2, 0) is 4.79 Å². The number of aliphatic hydroxyl groups is 1. The fraction of sp³-hybridized carbons (Fsp3) is 0.591. The van der Waals surface area contributed by atoms with Crippen LogP contribution in [0.25, 0.3) is 0 Å². The lowest BCUT2D eigenvalue weighted by atomic mass is 10.0. The van der Waals surface area contributed by atoms with Gasteiger partial charge in [-0.05, 0) is 37.0 Å². The van der Waals surface area contributed by atoms with Gasteiger partial charge in [0.2, 0.25) is 0 Å². The molecule has 2 rings (SSSR count). The standard InChI is InChI=1S/C22H33NO2/c1-3-5-7-9-10-20-22(25)16-17-23(20)19-14-12-18(13-15-19)21(24)11-8-6-4-2/h7,9,12-15,20-21,24H,3-6,8,10-11,16-17H2,1-2H3/b9-7-/t20-,21?/m0/s1. The SMILES string of the molecule is CCC/C=C\C[C@H]1C(=O)CCN1c1ccc(C(O)CCCCC)cc1. The normalized spacial score (nSPS) is 19.1. The van der Waals surface area contributed by atoms with Crippen LogP contribution in [0, 0.1) is 0 Å². The molecule has 1 aliphatic heterocycles. The molecule has 0 saturated carbocycles. The van der Waals surface area contributed by atoms with Crippen LogP contribution in [0.4, 0.5) is 5.69 Å². The van der Waals surface area contributed by atoms with Crippen LogP contribution < -0.4 is 4.90 Å². The number of ketones is 1. The Bertz CT molecular complexity index is 550. The van der Waals surface area contributed by atoms with Gasteiger partial charge in [-0.3, -0.25) is 4.79 Å². The molecule has 3 heteroatoms. The van der Waals surface area contributed by atoms with Crippen LogP contribution in [-0.4, -0.2) is 23.5 Å². The third kappa shape index (κ3) is 5.71. The van der Waals surface area contributed by atoms with E-state index in [1.54, 1.807) is 0 Å². The first-order valence-corrected chi connectivity index (χ1v) is 9.89. The maximum atomic E-state index is 12.2. The largest absolute Gasteiger partial charge is 0.388 e. The monoisotopic (exact) mass is 343 g/mol. The molecule has 0 bridgehead atoms. The summed E-state index contributed by atoms with van der Waals surface area (Å²) in [6, 6.07) is 8.10. The number of Topliss-reactive ketones (excluding diaryl/α,β-unsaturated/α-hetero) is 1. The lowest BCUT2D eigenvalue weighted by molar-refractivity contribution is -0.118. The van der Waals surface area contributed by atoms with Gasteiger partial charge in [0.05, 0.1) is 12.1 Å². The molecule has 0 aliphatic carbocycles. The minimum atomic E-state index is -0.381. The summed E-state index contributed by atoms with van der Waals surface area (Å²) in [5.41, 5.74) is 2.06. The van der Waals surface area contributed by atoms with Gasteiger partial charge in [-0.1, -0.05) is 63.8 Å². The van der Waals surface area contributed by atoms with Gasteiger partial charge >= 0.3 is 0 Å². The average molecular weight is 344 g/mol. The van der Waals surface area contributed by atoms with E-state index >= 15 is 0 Å². The van der Waals surface area contributed by atoms with Crippen molar-refractivity contribution in [2.45, 2.75) is 77.4 Å². The van der Waals surface area contributed by atoms with Crippen molar-refractivity contribution >= 4 is 11.5 Å². The predicted molar refractivity (Wildman–Crippen MR) is 105 cm³/mol. The average Bonchev–Trinajstić information content (AvgIpc) is 3.00. The molecule has 1 heterocycles. The second-order valence-corrected chi connectivity index (χ2v) is 7.02. The number of anilines is 1. The number of allylic oxidation sites excluding steroid dienone is 1. The lowest BCUT2D eigenvalue weighted by Gasteiger charge is -2.25. The third-order valence-electron chi connectivity index (χ3n) is 5.02. The number of hydrogen-bond donors (Lipinski definition) is 1. The minimum absolute atomic E-state index is 0.0339. The summed E-state index contributed by atoms with van der Waals surface area (Å²) in [5.74, 6) is 0.338. The fourth-order valence-electron chi connectivity index (χ4n) is 3.45. The molecule has 1 aromatic carbocycles. The van der Waals surface area contributed by atoms with Crippen LogP contribution in [0.3, 0.4) is 0 Å². The summed E-state index contributed by atoms with van der Waals surface area (Å²) in [6.45, 7) is 5.13. The van der Waals surface area contributed by atoms with Gasteiger partial charge in [-0.25, -0.2) is 0 Å². The Labute approximate surface area is 152 Å². The Morgan fingerprint density at radius 1 is 1.16 bits per heavy atom. The molecule has 1 N–H and O–H groups in total. The molecule has 1 fully saturated rings. The molecule has 0 radical (unpaired) electrons. The Morgan fingerprint density at radius 3 is 2.60 bits per heavy atom. The Hall–Kier alpha value is -1.61. The van der Waals surface area contributed by atoms with E-state index < -0.39 is 0 Å². The number of carbonyl (C=O) groups excluding carboxylic acids is 1. The van der Waals surface area contributed by atoms with Gasteiger partial charge < -0.3 is 10.0 Å². The van der Waals surface area contributed by atoms with Gasteiger partial charge in [0.25, 0.3) is 0 Å². The molecule has 138 valence electrons. The fourth-order valence-corrected chi connectivity index (χ4v) is 3.45. The molecule has 0 spiro atoms. The molecule has 1 unspecified atom stereocenters. The van der Waals surface area contributed by atoms with Crippen molar-refractivity contribution in [3.8, 4) is 0 Å². The minimum Gasteiger partial charge on any atom is -0.388 e. The lowest BCUT2D eigenvalue weighted by Crippen LogP contribution is -2.32. The second kappa shape index (κ2) is 10.4.